The molecule has 1 amide bonds. The molecule has 2 aliphatic rings. The Labute approximate surface area is 130 Å². The van der Waals surface area contributed by atoms with Crippen molar-refractivity contribution >= 4 is 18.3 Å². The molecule has 1 aliphatic heterocycles. The van der Waals surface area contributed by atoms with Crippen molar-refractivity contribution in [2.75, 3.05) is 13.1 Å². The van der Waals surface area contributed by atoms with E-state index in [2.05, 4.69) is 17.6 Å². The van der Waals surface area contributed by atoms with Crippen molar-refractivity contribution in [1.82, 2.24) is 10.6 Å². The van der Waals surface area contributed by atoms with Crippen molar-refractivity contribution in [1.29, 1.82) is 0 Å². The highest BCUT2D eigenvalue weighted by Gasteiger charge is 2.26. The maximum atomic E-state index is 12.2. The largest absolute Gasteiger partial charge is 0.353 e. The predicted octanol–water partition coefficient (Wildman–Crippen LogP) is 3.27. The van der Waals surface area contributed by atoms with Gasteiger partial charge in [-0.15, -0.1) is 12.4 Å². The average molecular weight is 303 g/mol. The molecule has 1 unspecified atom stereocenters. The van der Waals surface area contributed by atoms with E-state index in [1.165, 1.54) is 44.9 Å². The van der Waals surface area contributed by atoms with Gasteiger partial charge >= 0.3 is 0 Å². The first kappa shape index (κ1) is 17.8. The predicted molar refractivity (Wildman–Crippen MR) is 86.3 cm³/mol. The molecule has 2 fully saturated rings. The molecule has 3 nitrogen and oxygen atoms in total. The summed E-state index contributed by atoms with van der Waals surface area (Å²) in [5.41, 5.74) is 0. The Kier molecular flexibility index (Phi) is 8.55. The molecule has 0 aromatic heterocycles. The van der Waals surface area contributed by atoms with Crippen LogP contribution in [0.1, 0.15) is 64.7 Å². The van der Waals surface area contributed by atoms with E-state index in [4.69, 9.17) is 0 Å². The maximum absolute atomic E-state index is 12.2. The normalized spacial score (nSPS) is 30.4. The summed E-state index contributed by atoms with van der Waals surface area (Å²) < 4.78 is 0. The fourth-order valence-corrected chi connectivity index (χ4v) is 3.48. The van der Waals surface area contributed by atoms with Crippen LogP contribution in [0.15, 0.2) is 0 Å². The number of amides is 1. The van der Waals surface area contributed by atoms with Crippen LogP contribution in [0.2, 0.25) is 0 Å². The van der Waals surface area contributed by atoms with Crippen LogP contribution in [0.3, 0.4) is 0 Å². The van der Waals surface area contributed by atoms with Crippen LogP contribution in [0.4, 0.5) is 0 Å². The van der Waals surface area contributed by atoms with Crippen molar-refractivity contribution in [2.45, 2.75) is 70.8 Å². The molecule has 0 aromatic carbocycles. The van der Waals surface area contributed by atoms with E-state index in [0.717, 1.165) is 31.8 Å². The number of nitrogens with one attached hydrogen (secondary N) is 2. The second kappa shape index (κ2) is 9.62. The Morgan fingerprint density at radius 2 is 1.95 bits per heavy atom. The van der Waals surface area contributed by atoms with Gasteiger partial charge in [0, 0.05) is 12.6 Å². The molecule has 0 radical (unpaired) electrons. The van der Waals surface area contributed by atoms with E-state index in [1.54, 1.807) is 0 Å². The summed E-state index contributed by atoms with van der Waals surface area (Å²) in [5, 5.41) is 6.61. The molecule has 1 atom stereocenters. The summed E-state index contributed by atoms with van der Waals surface area (Å²) in [7, 11) is 0. The number of unbranched alkanes of at least 4 members (excludes halogenated alkanes) is 1. The third-order valence-electron chi connectivity index (χ3n) is 4.83. The van der Waals surface area contributed by atoms with Crippen LogP contribution in [0, 0.1) is 11.8 Å². The minimum atomic E-state index is 0. The third-order valence-corrected chi connectivity index (χ3v) is 4.83. The van der Waals surface area contributed by atoms with Gasteiger partial charge in [0.1, 0.15) is 0 Å². The number of carbonyl (C=O) groups is 1. The third kappa shape index (κ3) is 5.61. The summed E-state index contributed by atoms with van der Waals surface area (Å²) in [6.45, 7) is 4.22. The Balaban J connectivity index is 0.00000200. The first-order valence-corrected chi connectivity index (χ1v) is 8.30. The molecule has 118 valence electrons. The maximum Gasteiger partial charge on any atom is 0.224 e. The molecule has 1 heterocycles. The van der Waals surface area contributed by atoms with E-state index in [0.29, 0.717) is 11.9 Å². The van der Waals surface area contributed by atoms with Gasteiger partial charge < -0.3 is 10.6 Å². The van der Waals surface area contributed by atoms with Crippen molar-refractivity contribution in [3.63, 3.8) is 0 Å². The summed E-state index contributed by atoms with van der Waals surface area (Å²) in [6.07, 6.45) is 11.3. The highest BCUT2D eigenvalue weighted by molar-refractivity contribution is 5.85. The summed E-state index contributed by atoms with van der Waals surface area (Å²) in [5.74, 6) is 1.43. The molecular formula is C16H31ClN2O. The summed E-state index contributed by atoms with van der Waals surface area (Å²) >= 11 is 0. The van der Waals surface area contributed by atoms with Crippen LogP contribution in [0.25, 0.3) is 0 Å². The fraction of sp³-hybridized carbons (Fsp3) is 0.938. The topological polar surface area (TPSA) is 41.1 Å². The highest BCUT2D eigenvalue weighted by Crippen LogP contribution is 2.28. The van der Waals surface area contributed by atoms with E-state index in [-0.39, 0.29) is 18.3 Å². The Morgan fingerprint density at radius 1 is 1.20 bits per heavy atom. The van der Waals surface area contributed by atoms with Crippen molar-refractivity contribution in [2.24, 2.45) is 11.8 Å². The van der Waals surface area contributed by atoms with E-state index in [1.807, 2.05) is 0 Å². The van der Waals surface area contributed by atoms with Gasteiger partial charge in [-0.1, -0.05) is 26.2 Å². The zero-order chi connectivity index (χ0) is 13.5. The smallest absolute Gasteiger partial charge is 0.224 e. The molecule has 0 bridgehead atoms. The molecule has 0 spiro atoms. The number of rotatable bonds is 5. The Morgan fingerprint density at radius 3 is 2.55 bits per heavy atom. The number of hydrogen-bond donors (Lipinski definition) is 2. The lowest BCUT2D eigenvalue weighted by atomic mass is 9.83. The zero-order valence-corrected chi connectivity index (χ0v) is 13.6. The van der Waals surface area contributed by atoms with Gasteiger partial charge in [0.05, 0.1) is 5.92 Å². The molecule has 2 N–H and O–H groups in total. The second-order valence-electron chi connectivity index (χ2n) is 6.41. The number of halogens is 1. The Bertz CT molecular complexity index is 272. The van der Waals surface area contributed by atoms with Gasteiger partial charge in [-0.2, -0.15) is 0 Å². The van der Waals surface area contributed by atoms with Crippen LogP contribution < -0.4 is 10.6 Å². The van der Waals surface area contributed by atoms with Crippen molar-refractivity contribution < 1.29 is 4.79 Å². The summed E-state index contributed by atoms with van der Waals surface area (Å²) in [4.78, 5) is 12.2. The number of hydrogen-bond acceptors (Lipinski definition) is 2. The highest BCUT2D eigenvalue weighted by atomic mass is 35.5. The van der Waals surface area contributed by atoms with Gasteiger partial charge in [0.2, 0.25) is 5.91 Å². The Hall–Kier alpha value is -0.280. The van der Waals surface area contributed by atoms with E-state index >= 15 is 0 Å². The average Bonchev–Trinajstić information content (AvgIpc) is 2.47. The molecular weight excluding hydrogens is 272 g/mol. The standard InChI is InChI=1S/C16H30N2O.ClH/c1-2-3-5-13-7-9-15(10-8-13)18-16(19)14-6-4-11-17-12-14;/h13-15,17H,2-12H2,1H3,(H,18,19);1H. The van der Waals surface area contributed by atoms with Crippen LogP contribution in [0.5, 0.6) is 0 Å². The van der Waals surface area contributed by atoms with Gasteiger partial charge in [-0.05, 0) is 51.0 Å². The van der Waals surface area contributed by atoms with Crippen molar-refractivity contribution in [3.8, 4) is 0 Å². The lowest BCUT2D eigenvalue weighted by Gasteiger charge is -2.31. The summed E-state index contributed by atoms with van der Waals surface area (Å²) in [6, 6.07) is 0.451. The first-order valence-electron chi connectivity index (χ1n) is 8.30. The lowest BCUT2D eigenvalue weighted by Crippen LogP contribution is -2.45. The van der Waals surface area contributed by atoms with Gasteiger partial charge in [0.15, 0.2) is 0 Å². The van der Waals surface area contributed by atoms with Gasteiger partial charge in [0.25, 0.3) is 0 Å². The number of carbonyl (C=O) groups excluding carboxylic acids is 1. The lowest BCUT2D eigenvalue weighted by molar-refractivity contribution is -0.126. The molecule has 1 saturated carbocycles. The van der Waals surface area contributed by atoms with E-state index < -0.39 is 0 Å². The minimum absolute atomic E-state index is 0. The monoisotopic (exact) mass is 302 g/mol. The van der Waals surface area contributed by atoms with E-state index in [9.17, 15) is 4.79 Å². The molecule has 2 rings (SSSR count). The zero-order valence-electron chi connectivity index (χ0n) is 12.8. The SMILES string of the molecule is CCCCC1CCC(NC(=O)C2CCCNC2)CC1.Cl. The minimum Gasteiger partial charge on any atom is -0.353 e. The van der Waals surface area contributed by atoms with Crippen molar-refractivity contribution in [3.05, 3.63) is 0 Å². The molecule has 20 heavy (non-hydrogen) atoms. The van der Waals surface area contributed by atoms with Crippen LogP contribution in [-0.4, -0.2) is 25.0 Å². The number of piperidine rings is 1. The second-order valence-corrected chi connectivity index (χ2v) is 6.41. The van der Waals surface area contributed by atoms with Gasteiger partial charge in [-0.25, -0.2) is 0 Å². The first-order chi connectivity index (χ1) is 9.29. The molecule has 1 aliphatic carbocycles. The molecule has 4 heteroatoms. The van der Waals surface area contributed by atoms with Crippen LogP contribution in [-0.2, 0) is 4.79 Å². The quantitative estimate of drug-likeness (QED) is 0.818. The van der Waals surface area contributed by atoms with Gasteiger partial charge in [-0.3, -0.25) is 4.79 Å². The van der Waals surface area contributed by atoms with Crippen LogP contribution >= 0.6 is 12.4 Å². The molecule has 0 aromatic rings. The molecule has 1 saturated heterocycles. The fourth-order valence-electron chi connectivity index (χ4n) is 3.48.